The maximum Gasteiger partial charge on any atom is 0.332 e. The van der Waals surface area contributed by atoms with Crippen LogP contribution in [0, 0.1) is 17.6 Å². The van der Waals surface area contributed by atoms with Gasteiger partial charge in [-0.05, 0) is 71.1 Å². The molecule has 1 aromatic rings. The average molecular weight is 353 g/mol. The van der Waals surface area contributed by atoms with Crippen LogP contribution in [0.1, 0.15) is 56.1 Å². The fraction of sp³-hybridized carbons (Fsp3) is 0.600. The van der Waals surface area contributed by atoms with Crippen LogP contribution >= 0.6 is 15.9 Å². The second-order valence-electron chi connectivity index (χ2n) is 5.48. The molecule has 0 atom stereocenters. The summed E-state index contributed by atoms with van der Waals surface area (Å²) >= 11 is 2.01. The SMILES string of the molecule is CCC1CCC(c2cc(F)c(C(F)(F)Br)c(F)c2)CC1. The summed E-state index contributed by atoms with van der Waals surface area (Å²) in [7, 11) is 0. The second kappa shape index (κ2) is 6.04. The van der Waals surface area contributed by atoms with Crippen LogP contribution in [0.3, 0.4) is 0 Å². The van der Waals surface area contributed by atoms with Gasteiger partial charge in [0.05, 0.1) is 0 Å². The number of hydrogen-bond donors (Lipinski definition) is 0. The van der Waals surface area contributed by atoms with Gasteiger partial charge < -0.3 is 0 Å². The molecule has 0 saturated heterocycles. The summed E-state index contributed by atoms with van der Waals surface area (Å²) in [6, 6.07) is 2.12. The summed E-state index contributed by atoms with van der Waals surface area (Å²) in [6.07, 6.45) is 4.90. The first-order valence-electron chi connectivity index (χ1n) is 6.89. The number of alkyl halides is 3. The predicted octanol–water partition coefficient (Wildman–Crippen LogP) is 6.09. The van der Waals surface area contributed by atoms with Gasteiger partial charge in [-0.25, -0.2) is 8.78 Å². The van der Waals surface area contributed by atoms with Crippen molar-refractivity contribution in [2.75, 3.05) is 0 Å². The van der Waals surface area contributed by atoms with Crippen LogP contribution in [-0.2, 0) is 4.83 Å². The van der Waals surface area contributed by atoms with Gasteiger partial charge in [-0.2, -0.15) is 8.78 Å². The van der Waals surface area contributed by atoms with Crippen molar-refractivity contribution in [1.29, 1.82) is 0 Å². The standard InChI is InChI=1S/C15H17BrF4/c1-2-9-3-5-10(6-4-9)11-7-12(17)14(13(18)8-11)15(16,19)20/h7-10H,2-6H2,1H3. The van der Waals surface area contributed by atoms with E-state index in [0.717, 1.165) is 44.2 Å². The van der Waals surface area contributed by atoms with Gasteiger partial charge in [0.1, 0.15) is 17.2 Å². The highest BCUT2D eigenvalue weighted by Crippen LogP contribution is 2.41. The van der Waals surface area contributed by atoms with Gasteiger partial charge in [-0.1, -0.05) is 13.3 Å². The highest BCUT2D eigenvalue weighted by atomic mass is 79.9. The summed E-state index contributed by atoms with van der Waals surface area (Å²) in [5.74, 6) is -1.62. The molecular formula is C15H17BrF4. The predicted molar refractivity (Wildman–Crippen MR) is 74.2 cm³/mol. The normalized spacial score (nSPS) is 23.9. The fourth-order valence-electron chi connectivity index (χ4n) is 3.00. The van der Waals surface area contributed by atoms with Gasteiger partial charge in [0.15, 0.2) is 0 Å². The van der Waals surface area contributed by atoms with E-state index in [0.29, 0.717) is 11.5 Å². The Hall–Kier alpha value is -0.580. The minimum atomic E-state index is -3.68. The molecule has 20 heavy (non-hydrogen) atoms. The van der Waals surface area contributed by atoms with E-state index >= 15 is 0 Å². The van der Waals surface area contributed by atoms with Crippen molar-refractivity contribution in [3.63, 3.8) is 0 Å². The van der Waals surface area contributed by atoms with Crippen LogP contribution in [0.5, 0.6) is 0 Å². The van der Waals surface area contributed by atoms with E-state index in [2.05, 4.69) is 6.92 Å². The molecule has 0 amide bonds. The lowest BCUT2D eigenvalue weighted by molar-refractivity contribution is 0.105. The van der Waals surface area contributed by atoms with E-state index in [-0.39, 0.29) is 5.92 Å². The van der Waals surface area contributed by atoms with Crippen molar-refractivity contribution in [1.82, 2.24) is 0 Å². The topological polar surface area (TPSA) is 0 Å². The van der Waals surface area contributed by atoms with Crippen molar-refractivity contribution >= 4 is 15.9 Å². The Bertz CT molecular complexity index is 450. The average Bonchev–Trinajstić information content (AvgIpc) is 2.36. The van der Waals surface area contributed by atoms with Gasteiger partial charge in [-0.15, -0.1) is 0 Å². The molecule has 0 N–H and O–H groups in total. The smallest absolute Gasteiger partial charge is 0.206 e. The quantitative estimate of drug-likeness (QED) is 0.455. The molecule has 0 aliphatic heterocycles. The molecule has 0 aromatic heterocycles. The van der Waals surface area contributed by atoms with Crippen LogP contribution in [-0.4, -0.2) is 0 Å². The molecule has 1 saturated carbocycles. The highest BCUT2D eigenvalue weighted by Gasteiger charge is 2.35. The van der Waals surface area contributed by atoms with Crippen molar-refractivity contribution < 1.29 is 17.6 Å². The first-order valence-corrected chi connectivity index (χ1v) is 7.68. The van der Waals surface area contributed by atoms with Gasteiger partial charge in [-0.3, -0.25) is 0 Å². The molecule has 0 nitrogen and oxygen atoms in total. The molecule has 1 fully saturated rings. The Balaban J connectivity index is 2.23. The second-order valence-corrected chi connectivity index (χ2v) is 6.48. The maximum atomic E-state index is 13.8. The highest BCUT2D eigenvalue weighted by molar-refractivity contribution is 9.09. The molecule has 0 spiro atoms. The van der Waals surface area contributed by atoms with Crippen molar-refractivity contribution in [2.45, 2.75) is 49.8 Å². The summed E-state index contributed by atoms with van der Waals surface area (Å²) in [4.78, 5) is -3.68. The summed E-state index contributed by atoms with van der Waals surface area (Å²) < 4.78 is 53.7. The van der Waals surface area contributed by atoms with Gasteiger partial charge in [0.2, 0.25) is 0 Å². The number of rotatable bonds is 3. The van der Waals surface area contributed by atoms with Crippen molar-refractivity contribution in [2.24, 2.45) is 5.92 Å². The summed E-state index contributed by atoms with van der Waals surface area (Å²) in [6.45, 7) is 2.14. The Morgan fingerprint density at radius 1 is 1.10 bits per heavy atom. The zero-order valence-electron chi connectivity index (χ0n) is 11.2. The largest absolute Gasteiger partial charge is 0.332 e. The first kappa shape index (κ1) is 15.8. The molecule has 2 rings (SSSR count). The first-order chi connectivity index (χ1) is 9.32. The molecule has 0 unspecified atom stereocenters. The minimum absolute atomic E-state index is 0.0693. The zero-order chi connectivity index (χ0) is 14.9. The van der Waals surface area contributed by atoms with E-state index in [1.165, 1.54) is 0 Å². The number of hydrogen-bond acceptors (Lipinski definition) is 0. The fourth-order valence-corrected chi connectivity index (χ4v) is 3.38. The van der Waals surface area contributed by atoms with Crippen molar-refractivity contribution in [3.05, 3.63) is 34.9 Å². The van der Waals surface area contributed by atoms with Crippen molar-refractivity contribution in [3.8, 4) is 0 Å². The van der Waals surface area contributed by atoms with Gasteiger partial charge >= 0.3 is 4.83 Å². The van der Waals surface area contributed by atoms with E-state index in [9.17, 15) is 17.6 Å². The van der Waals surface area contributed by atoms with Crippen LogP contribution in [0.2, 0.25) is 0 Å². The van der Waals surface area contributed by atoms with Crippen LogP contribution in [0.15, 0.2) is 12.1 Å². The molecule has 0 heterocycles. The number of benzene rings is 1. The molecule has 1 aromatic carbocycles. The van der Waals surface area contributed by atoms with E-state index in [4.69, 9.17) is 0 Å². The van der Waals surface area contributed by atoms with Gasteiger partial charge in [0, 0.05) is 0 Å². The molecule has 0 bridgehead atoms. The lowest BCUT2D eigenvalue weighted by atomic mass is 9.77. The summed E-state index contributed by atoms with van der Waals surface area (Å²) in [5, 5.41) is 0. The molecule has 1 aliphatic rings. The number of halogens is 5. The van der Waals surface area contributed by atoms with Crippen LogP contribution in [0.4, 0.5) is 17.6 Å². The van der Waals surface area contributed by atoms with E-state index in [1.54, 1.807) is 0 Å². The Labute approximate surface area is 124 Å². The molecule has 5 heteroatoms. The van der Waals surface area contributed by atoms with Gasteiger partial charge in [0.25, 0.3) is 0 Å². The molecule has 112 valence electrons. The minimum Gasteiger partial charge on any atom is -0.206 e. The van der Waals surface area contributed by atoms with E-state index in [1.807, 2.05) is 15.9 Å². The third kappa shape index (κ3) is 3.35. The lowest BCUT2D eigenvalue weighted by Gasteiger charge is -2.28. The Kier molecular flexibility index (Phi) is 4.77. The Morgan fingerprint density at radius 3 is 2.00 bits per heavy atom. The summed E-state index contributed by atoms with van der Waals surface area (Å²) in [5.41, 5.74) is -0.710. The third-order valence-electron chi connectivity index (χ3n) is 4.24. The molecule has 0 radical (unpaired) electrons. The molecular weight excluding hydrogens is 336 g/mol. The third-order valence-corrected chi connectivity index (χ3v) is 4.64. The zero-order valence-corrected chi connectivity index (χ0v) is 12.8. The van der Waals surface area contributed by atoms with Crippen LogP contribution in [0.25, 0.3) is 0 Å². The van der Waals surface area contributed by atoms with E-state index < -0.39 is 22.0 Å². The molecule has 1 aliphatic carbocycles. The lowest BCUT2D eigenvalue weighted by Crippen LogP contribution is -2.15. The maximum absolute atomic E-state index is 13.8. The Morgan fingerprint density at radius 2 is 1.60 bits per heavy atom. The monoisotopic (exact) mass is 352 g/mol. The van der Waals surface area contributed by atoms with Crippen LogP contribution < -0.4 is 0 Å².